The molecule has 1 atom stereocenters. The maximum absolute atomic E-state index is 12.0. The van der Waals surface area contributed by atoms with Gasteiger partial charge in [0.1, 0.15) is 17.5 Å². The molecule has 1 fully saturated rings. The van der Waals surface area contributed by atoms with E-state index < -0.39 is 5.60 Å². The third kappa shape index (κ3) is 4.40. The number of aromatic nitrogens is 1. The van der Waals surface area contributed by atoms with Gasteiger partial charge in [0.2, 0.25) is 0 Å². The third-order valence-corrected chi connectivity index (χ3v) is 2.97. The van der Waals surface area contributed by atoms with Crippen molar-refractivity contribution < 1.29 is 14.3 Å². The van der Waals surface area contributed by atoms with Crippen LogP contribution < -0.4 is 4.74 Å². The standard InChI is InChI=1S/C15H22N2O3/c1-15(2,3)20-14(18)17-9-5-7-13(11-17)19-12-6-4-8-16-10-12/h4,6,8,10,13H,5,7,9,11H2,1-3H3. The summed E-state index contributed by atoms with van der Waals surface area (Å²) in [6, 6.07) is 3.71. The molecule has 2 rings (SSSR count). The van der Waals surface area contributed by atoms with Crippen molar-refractivity contribution in [2.75, 3.05) is 13.1 Å². The number of amides is 1. The molecule has 0 bridgehead atoms. The quantitative estimate of drug-likeness (QED) is 0.834. The molecule has 1 aliphatic heterocycles. The minimum Gasteiger partial charge on any atom is -0.487 e. The van der Waals surface area contributed by atoms with Crippen molar-refractivity contribution in [3.63, 3.8) is 0 Å². The van der Waals surface area contributed by atoms with Crippen LogP contribution in [-0.2, 0) is 4.74 Å². The van der Waals surface area contributed by atoms with Crippen LogP contribution >= 0.6 is 0 Å². The first-order valence-corrected chi connectivity index (χ1v) is 6.99. The van der Waals surface area contributed by atoms with Gasteiger partial charge in [-0.3, -0.25) is 4.98 Å². The Morgan fingerprint density at radius 3 is 2.90 bits per heavy atom. The molecule has 1 amide bonds. The molecule has 20 heavy (non-hydrogen) atoms. The van der Waals surface area contributed by atoms with Gasteiger partial charge in [-0.05, 0) is 45.7 Å². The molecule has 1 unspecified atom stereocenters. The zero-order valence-electron chi connectivity index (χ0n) is 12.3. The van der Waals surface area contributed by atoms with E-state index in [1.54, 1.807) is 17.3 Å². The Bertz CT molecular complexity index is 442. The van der Waals surface area contributed by atoms with Crippen LogP contribution in [0.25, 0.3) is 0 Å². The number of hydrogen-bond donors (Lipinski definition) is 0. The minimum atomic E-state index is -0.464. The molecule has 1 saturated heterocycles. The Morgan fingerprint density at radius 2 is 2.25 bits per heavy atom. The number of carbonyl (C=O) groups excluding carboxylic acids is 1. The van der Waals surface area contributed by atoms with Crippen molar-refractivity contribution in [2.24, 2.45) is 0 Å². The number of pyridine rings is 1. The average molecular weight is 278 g/mol. The minimum absolute atomic E-state index is 0.000434. The van der Waals surface area contributed by atoms with E-state index in [1.807, 2.05) is 32.9 Å². The molecular weight excluding hydrogens is 256 g/mol. The van der Waals surface area contributed by atoms with Crippen LogP contribution in [-0.4, -0.2) is 40.8 Å². The van der Waals surface area contributed by atoms with Gasteiger partial charge in [0.05, 0.1) is 12.7 Å². The molecule has 5 heteroatoms. The zero-order chi connectivity index (χ0) is 14.6. The van der Waals surface area contributed by atoms with Crippen molar-refractivity contribution in [1.29, 1.82) is 0 Å². The van der Waals surface area contributed by atoms with E-state index in [2.05, 4.69) is 4.98 Å². The van der Waals surface area contributed by atoms with E-state index in [0.717, 1.165) is 25.1 Å². The summed E-state index contributed by atoms with van der Waals surface area (Å²) in [7, 11) is 0. The Hall–Kier alpha value is -1.78. The number of nitrogens with zero attached hydrogens (tertiary/aromatic N) is 2. The Kier molecular flexibility index (Phi) is 4.47. The van der Waals surface area contributed by atoms with E-state index in [1.165, 1.54) is 0 Å². The molecule has 0 aliphatic carbocycles. The van der Waals surface area contributed by atoms with E-state index in [0.29, 0.717) is 6.54 Å². The van der Waals surface area contributed by atoms with Crippen molar-refractivity contribution in [3.8, 4) is 5.75 Å². The second kappa shape index (κ2) is 6.11. The van der Waals surface area contributed by atoms with Gasteiger partial charge in [-0.1, -0.05) is 0 Å². The third-order valence-electron chi connectivity index (χ3n) is 2.97. The summed E-state index contributed by atoms with van der Waals surface area (Å²) in [4.78, 5) is 17.8. The van der Waals surface area contributed by atoms with Crippen molar-refractivity contribution in [1.82, 2.24) is 9.88 Å². The molecule has 0 N–H and O–H groups in total. The van der Waals surface area contributed by atoms with Crippen molar-refractivity contribution in [2.45, 2.75) is 45.3 Å². The lowest BCUT2D eigenvalue weighted by atomic mass is 10.1. The first kappa shape index (κ1) is 14.6. The maximum Gasteiger partial charge on any atom is 0.410 e. The van der Waals surface area contributed by atoms with Crippen LogP contribution in [0.2, 0.25) is 0 Å². The van der Waals surface area contributed by atoms with E-state index in [4.69, 9.17) is 9.47 Å². The van der Waals surface area contributed by atoms with Crippen LogP contribution in [0.5, 0.6) is 5.75 Å². The summed E-state index contributed by atoms with van der Waals surface area (Å²) in [5, 5.41) is 0. The summed E-state index contributed by atoms with van der Waals surface area (Å²) in [6.07, 6.45) is 4.99. The number of rotatable bonds is 2. The number of hydrogen-bond acceptors (Lipinski definition) is 4. The molecule has 0 radical (unpaired) electrons. The van der Waals surface area contributed by atoms with E-state index in [9.17, 15) is 4.79 Å². The first-order chi connectivity index (χ1) is 9.44. The lowest BCUT2D eigenvalue weighted by Gasteiger charge is -2.34. The zero-order valence-corrected chi connectivity index (χ0v) is 12.3. The highest BCUT2D eigenvalue weighted by atomic mass is 16.6. The Labute approximate surface area is 119 Å². The van der Waals surface area contributed by atoms with E-state index in [-0.39, 0.29) is 12.2 Å². The van der Waals surface area contributed by atoms with Crippen molar-refractivity contribution >= 4 is 6.09 Å². The highest BCUT2D eigenvalue weighted by molar-refractivity contribution is 5.68. The van der Waals surface area contributed by atoms with Gasteiger partial charge >= 0.3 is 6.09 Å². The summed E-state index contributed by atoms with van der Waals surface area (Å²) >= 11 is 0. The van der Waals surface area contributed by atoms with Crippen molar-refractivity contribution in [3.05, 3.63) is 24.5 Å². The molecule has 1 aromatic heterocycles. The van der Waals surface area contributed by atoms with E-state index >= 15 is 0 Å². The van der Waals surface area contributed by atoms with Gasteiger partial charge in [-0.25, -0.2) is 4.79 Å². The van der Waals surface area contributed by atoms with Gasteiger partial charge in [0, 0.05) is 12.7 Å². The number of likely N-dealkylation sites (tertiary alicyclic amines) is 1. The van der Waals surface area contributed by atoms with Crippen LogP contribution in [0.3, 0.4) is 0 Å². The molecule has 0 saturated carbocycles. The largest absolute Gasteiger partial charge is 0.487 e. The highest BCUT2D eigenvalue weighted by Crippen LogP contribution is 2.19. The highest BCUT2D eigenvalue weighted by Gasteiger charge is 2.28. The molecule has 2 heterocycles. The number of piperidine rings is 1. The van der Waals surface area contributed by atoms with Gasteiger partial charge in [0.25, 0.3) is 0 Å². The van der Waals surface area contributed by atoms with Crippen LogP contribution in [0.15, 0.2) is 24.5 Å². The molecule has 5 nitrogen and oxygen atoms in total. The molecule has 1 aromatic rings. The fourth-order valence-corrected chi connectivity index (χ4v) is 2.14. The molecule has 0 aromatic carbocycles. The topological polar surface area (TPSA) is 51.7 Å². The lowest BCUT2D eigenvalue weighted by Crippen LogP contribution is -2.46. The van der Waals surface area contributed by atoms with Gasteiger partial charge < -0.3 is 14.4 Å². The number of carbonyl (C=O) groups is 1. The Morgan fingerprint density at radius 1 is 1.45 bits per heavy atom. The van der Waals surface area contributed by atoms with Gasteiger partial charge in [-0.15, -0.1) is 0 Å². The molecule has 0 spiro atoms. The Balaban J connectivity index is 1.90. The lowest BCUT2D eigenvalue weighted by molar-refractivity contribution is 0.00772. The fourth-order valence-electron chi connectivity index (χ4n) is 2.14. The summed E-state index contributed by atoms with van der Waals surface area (Å²) in [5.74, 6) is 0.739. The summed E-state index contributed by atoms with van der Waals surface area (Å²) in [6.45, 7) is 6.90. The number of ether oxygens (including phenoxy) is 2. The summed E-state index contributed by atoms with van der Waals surface area (Å²) in [5.41, 5.74) is -0.464. The fraction of sp³-hybridized carbons (Fsp3) is 0.600. The average Bonchev–Trinajstić information content (AvgIpc) is 2.38. The van der Waals surface area contributed by atoms with Crippen LogP contribution in [0.4, 0.5) is 4.79 Å². The SMILES string of the molecule is CC(C)(C)OC(=O)N1CCCC(Oc2cccnc2)C1. The molecule has 1 aliphatic rings. The molecule has 110 valence electrons. The monoisotopic (exact) mass is 278 g/mol. The second-order valence-electron chi connectivity index (χ2n) is 6.00. The summed E-state index contributed by atoms with van der Waals surface area (Å²) < 4.78 is 11.2. The predicted octanol–water partition coefficient (Wildman–Crippen LogP) is 2.86. The van der Waals surface area contributed by atoms with Crippen LogP contribution in [0, 0.1) is 0 Å². The van der Waals surface area contributed by atoms with Gasteiger partial charge in [-0.2, -0.15) is 0 Å². The second-order valence-corrected chi connectivity index (χ2v) is 6.00. The predicted molar refractivity (Wildman–Crippen MR) is 75.7 cm³/mol. The van der Waals surface area contributed by atoms with Crippen LogP contribution in [0.1, 0.15) is 33.6 Å². The first-order valence-electron chi connectivity index (χ1n) is 6.99. The maximum atomic E-state index is 12.0. The van der Waals surface area contributed by atoms with Gasteiger partial charge in [0.15, 0.2) is 0 Å². The smallest absolute Gasteiger partial charge is 0.410 e. The normalized spacial score (nSPS) is 19.6. The molecular formula is C15H22N2O3.